The average molecular weight is 309 g/mol. The predicted molar refractivity (Wildman–Crippen MR) is 65.5 cm³/mol. The van der Waals surface area contributed by atoms with Crippen LogP contribution in [0, 0.1) is 5.41 Å². The fraction of sp³-hybridized carbons (Fsp3) is 0.636. The molecule has 0 aliphatic carbocycles. The Kier molecular flexibility index (Phi) is 6.41. The summed E-state index contributed by atoms with van der Waals surface area (Å²) in [5, 5.41) is 9.37. The van der Waals surface area contributed by atoms with Gasteiger partial charge in [0.05, 0.1) is 20.8 Å². The van der Waals surface area contributed by atoms with E-state index in [4.69, 9.17) is 0 Å². The molecule has 0 atom stereocenters. The first kappa shape index (κ1) is 16.1. The molecule has 0 spiro atoms. The highest BCUT2D eigenvalue weighted by atomic mass is 79.9. The largest absolute Gasteiger partial charge is 0.468 e. The van der Waals surface area contributed by atoms with Crippen molar-refractivity contribution in [3.8, 4) is 0 Å². The Bertz CT molecular complexity index is 315. The first-order valence-electron chi connectivity index (χ1n) is 4.95. The van der Waals surface area contributed by atoms with E-state index in [0.29, 0.717) is 4.48 Å². The summed E-state index contributed by atoms with van der Waals surface area (Å²) in [6, 6.07) is 0. The van der Waals surface area contributed by atoms with Gasteiger partial charge in [-0.25, -0.2) is 0 Å². The van der Waals surface area contributed by atoms with Crippen molar-refractivity contribution in [2.75, 3.05) is 20.8 Å². The van der Waals surface area contributed by atoms with Gasteiger partial charge in [0.15, 0.2) is 5.41 Å². The van der Waals surface area contributed by atoms with Gasteiger partial charge in [-0.05, 0) is 18.3 Å². The van der Waals surface area contributed by atoms with Gasteiger partial charge < -0.3 is 14.6 Å². The third-order valence-corrected chi connectivity index (χ3v) is 3.50. The molecule has 6 heteroatoms. The molecule has 0 fully saturated rings. The number of allylic oxidation sites excluding steroid dienone is 2. The van der Waals surface area contributed by atoms with Gasteiger partial charge >= 0.3 is 11.9 Å². The first-order chi connectivity index (χ1) is 7.85. The monoisotopic (exact) mass is 308 g/mol. The summed E-state index contributed by atoms with van der Waals surface area (Å²) in [7, 11) is 2.32. The summed E-state index contributed by atoms with van der Waals surface area (Å²) in [6.45, 7) is 2.97. The summed E-state index contributed by atoms with van der Waals surface area (Å²) in [5.41, 5.74) is -0.810. The molecule has 5 nitrogen and oxygen atoms in total. The third-order valence-electron chi connectivity index (χ3n) is 2.42. The van der Waals surface area contributed by atoms with E-state index in [0.717, 1.165) is 19.8 Å². The van der Waals surface area contributed by atoms with E-state index in [1.54, 1.807) is 0 Å². The molecule has 0 aromatic rings. The summed E-state index contributed by atoms with van der Waals surface area (Å²) in [6.07, 6.45) is 0.00514. The molecule has 17 heavy (non-hydrogen) atoms. The lowest BCUT2D eigenvalue weighted by molar-refractivity contribution is -0.172. The summed E-state index contributed by atoms with van der Waals surface area (Å²) < 4.78 is 9.79. The van der Waals surface area contributed by atoms with E-state index < -0.39 is 24.0 Å². The molecule has 0 amide bonds. The molecular formula is C11H17BrO5. The van der Waals surface area contributed by atoms with Crippen LogP contribution in [0.3, 0.4) is 0 Å². The number of aliphatic hydroxyl groups is 1. The second-order valence-electron chi connectivity index (χ2n) is 3.81. The van der Waals surface area contributed by atoms with Crippen molar-refractivity contribution in [1.82, 2.24) is 0 Å². The van der Waals surface area contributed by atoms with Gasteiger partial charge in [-0.2, -0.15) is 0 Å². The molecular weight excluding hydrogens is 292 g/mol. The van der Waals surface area contributed by atoms with Crippen molar-refractivity contribution in [2.24, 2.45) is 5.41 Å². The minimum absolute atomic E-state index is 0.00514. The molecule has 0 unspecified atom stereocenters. The third kappa shape index (κ3) is 3.54. The zero-order valence-electron chi connectivity index (χ0n) is 10.4. The Balaban J connectivity index is 5.43. The van der Waals surface area contributed by atoms with Crippen LogP contribution < -0.4 is 0 Å². The molecule has 0 saturated carbocycles. The number of hydrogen-bond acceptors (Lipinski definition) is 5. The molecule has 0 aromatic heterocycles. The molecule has 0 aliphatic rings. The number of aliphatic hydroxyl groups excluding tert-OH is 1. The topological polar surface area (TPSA) is 72.8 Å². The van der Waals surface area contributed by atoms with Crippen molar-refractivity contribution < 1.29 is 24.2 Å². The van der Waals surface area contributed by atoms with Gasteiger partial charge in [-0.3, -0.25) is 9.59 Å². The highest BCUT2D eigenvalue weighted by Crippen LogP contribution is 2.33. The van der Waals surface area contributed by atoms with Gasteiger partial charge in [-0.1, -0.05) is 21.5 Å². The van der Waals surface area contributed by atoms with Crippen LogP contribution in [0.1, 0.15) is 20.3 Å². The Hall–Kier alpha value is -0.880. The highest BCUT2D eigenvalue weighted by molar-refractivity contribution is 9.11. The van der Waals surface area contributed by atoms with Crippen LogP contribution in [0.5, 0.6) is 0 Å². The molecule has 0 heterocycles. The second kappa shape index (κ2) is 6.76. The Morgan fingerprint density at radius 1 is 1.18 bits per heavy atom. The minimum Gasteiger partial charge on any atom is -0.468 e. The van der Waals surface area contributed by atoms with Gasteiger partial charge in [0, 0.05) is 6.42 Å². The lowest BCUT2D eigenvalue weighted by atomic mass is 9.84. The predicted octanol–water partition coefficient (Wildman–Crippen LogP) is 1.39. The maximum Gasteiger partial charge on any atom is 0.325 e. The maximum atomic E-state index is 11.7. The zero-order valence-corrected chi connectivity index (χ0v) is 12.0. The van der Waals surface area contributed by atoms with Crippen molar-refractivity contribution in [3.63, 3.8) is 0 Å². The summed E-state index contributed by atoms with van der Waals surface area (Å²) in [5.74, 6) is -1.63. The number of halogens is 1. The van der Waals surface area contributed by atoms with Crippen LogP contribution in [0.15, 0.2) is 10.1 Å². The fourth-order valence-electron chi connectivity index (χ4n) is 1.25. The second-order valence-corrected chi connectivity index (χ2v) is 4.76. The summed E-state index contributed by atoms with van der Waals surface area (Å²) >= 11 is 3.27. The van der Waals surface area contributed by atoms with Crippen molar-refractivity contribution >= 4 is 27.9 Å². The number of carbonyl (C=O) groups is 2. The van der Waals surface area contributed by atoms with E-state index in [9.17, 15) is 14.7 Å². The van der Waals surface area contributed by atoms with E-state index in [1.165, 1.54) is 0 Å². The van der Waals surface area contributed by atoms with Crippen molar-refractivity contribution in [3.05, 3.63) is 10.1 Å². The number of ether oxygens (including phenoxy) is 2. The Labute approximate surface area is 109 Å². The number of esters is 2. The highest BCUT2D eigenvalue weighted by Gasteiger charge is 2.48. The SMILES string of the molecule is COC(=O)C(CO)(CC(Br)=C(C)C)C(=O)OC. The standard InChI is InChI=1S/C11H17BrO5/c1-7(2)8(12)5-11(6-13,9(14)16-3)10(15)17-4/h13H,5-6H2,1-4H3. The molecule has 98 valence electrons. The molecule has 0 aromatic carbocycles. The number of methoxy groups -OCH3 is 2. The van der Waals surface area contributed by atoms with Crippen LogP contribution in [0.25, 0.3) is 0 Å². The molecule has 0 bridgehead atoms. The molecule has 0 saturated heterocycles. The maximum absolute atomic E-state index is 11.7. The summed E-state index contributed by atoms with van der Waals surface area (Å²) in [4.78, 5) is 23.4. The Morgan fingerprint density at radius 2 is 1.59 bits per heavy atom. The van der Waals surface area contributed by atoms with Gasteiger partial charge in [0.2, 0.25) is 0 Å². The minimum atomic E-state index is -1.71. The number of carbonyl (C=O) groups excluding carboxylic acids is 2. The van der Waals surface area contributed by atoms with Crippen molar-refractivity contribution in [1.29, 1.82) is 0 Å². The smallest absolute Gasteiger partial charge is 0.325 e. The Morgan fingerprint density at radius 3 is 1.82 bits per heavy atom. The quantitative estimate of drug-likeness (QED) is 0.614. The van der Waals surface area contributed by atoms with E-state index in [-0.39, 0.29) is 6.42 Å². The van der Waals surface area contributed by atoms with E-state index in [1.807, 2.05) is 13.8 Å². The molecule has 0 aliphatic heterocycles. The zero-order chi connectivity index (χ0) is 13.6. The average Bonchev–Trinajstić information content (AvgIpc) is 2.33. The van der Waals surface area contributed by atoms with Gasteiger partial charge in [0.25, 0.3) is 0 Å². The van der Waals surface area contributed by atoms with E-state index in [2.05, 4.69) is 25.4 Å². The lowest BCUT2D eigenvalue weighted by Gasteiger charge is -2.26. The number of hydrogen-bond donors (Lipinski definition) is 1. The number of rotatable bonds is 5. The fourth-order valence-corrected chi connectivity index (χ4v) is 1.72. The lowest BCUT2D eigenvalue weighted by Crippen LogP contribution is -2.44. The molecule has 0 rings (SSSR count). The molecule has 1 N–H and O–H groups in total. The van der Waals surface area contributed by atoms with Crippen LogP contribution >= 0.6 is 15.9 Å². The normalized spacial score (nSPS) is 10.7. The van der Waals surface area contributed by atoms with Crippen molar-refractivity contribution in [2.45, 2.75) is 20.3 Å². The van der Waals surface area contributed by atoms with Crippen LogP contribution in [0.2, 0.25) is 0 Å². The van der Waals surface area contributed by atoms with Gasteiger partial charge in [-0.15, -0.1) is 0 Å². The van der Waals surface area contributed by atoms with Gasteiger partial charge in [0.1, 0.15) is 0 Å². The van der Waals surface area contributed by atoms with E-state index >= 15 is 0 Å². The molecule has 0 radical (unpaired) electrons. The van der Waals surface area contributed by atoms with Crippen LogP contribution in [-0.2, 0) is 19.1 Å². The first-order valence-corrected chi connectivity index (χ1v) is 5.74. The van der Waals surface area contributed by atoms with Crippen LogP contribution in [-0.4, -0.2) is 37.9 Å². The van der Waals surface area contributed by atoms with Crippen LogP contribution in [0.4, 0.5) is 0 Å².